The van der Waals surface area contributed by atoms with Crippen molar-refractivity contribution in [2.24, 2.45) is 0 Å². The summed E-state index contributed by atoms with van der Waals surface area (Å²) in [6.07, 6.45) is 1.49. The van der Waals surface area contributed by atoms with Crippen molar-refractivity contribution < 1.29 is 28.9 Å². The molecule has 3 aromatic rings. The molecule has 1 aliphatic rings. The number of nitrogens with zero attached hydrogens (tertiary/aromatic N) is 6. The van der Waals surface area contributed by atoms with E-state index in [-0.39, 0.29) is 5.82 Å². The molecule has 0 amide bonds. The fraction of sp³-hybridized carbons (Fsp3) is 0.385. The van der Waals surface area contributed by atoms with Gasteiger partial charge in [0.1, 0.15) is 36.5 Å². The average molecular weight is 397 g/mol. The fourth-order valence-corrected chi connectivity index (χ4v) is 3.68. The number of aromatic nitrogens is 6. The van der Waals surface area contributed by atoms with Gasteiger partial charge in [-0.15, -0.1) is 0 Å². The van der Waals surface area contributed by atoms with Crippen molar-refractivity contribution in [1.29, 1.82) is 0 Å². The van der Waals surface area contributed by atoms with Gasteiger partial charge in [0.25, 0.3) is 0 Å². The summed E-state index contributed by atoms with van der Waals surface area (Å²) in [4.78, 5) is 25.6. The minimum absolute atomic E-state index is 0.160. The lowest BCUT2D eigenvalue weighted by Crippen LogP contribution is -2.33. The van der Waals surface area contributed by atoms with Gasteiger partial charge in [0.2, 0.25) is 0 Å². The summed E-state index contributed by atoms with van der Waals surface area (Å²) in [5.74, 6) is 0.160. The third kappa shape index (κ3) is 3.10. The number of imidazole rings is 2. The van der Waals surface area contributed by atoms with E-state index in [0.29, 0.717) is 11.2 Å². The number of aliphatic hydroxyl groups is 2. The number of ether oxygens (including phenoxy) is 1. The zero-order valence-corrected chi connectivity index (χ0v) is 14.6. The van der Waals surface area contributed by atoms with E-state index >= 15 is 0 Å². The Morgan fingerprint density at radius 2 is 2.07 bits per heavy atom. The molecule has 0 spiro atoms. The molecule has 14 heteroatoms. The SMILES string of the molecule is Nc1ncnc2c1ncn2[C@@H]1O[C@H](COP(=O)(O)n2ccnc2)C(O)C1O. The second kappa shape index (κ2) is 6.64. The van der Waals surface area contributed by atoms with Crippen molar-refractivity contribution in [2.75, 3.05) is 12.3 Å². The van der Waals surface area contributed by atoms with Gasteiger partial charge in [-0.2, -0.15) is 0 Å². The summed E-state index contributed by atoms with van der Waals surface area (Å²) in [6.45, 7) is -0.440. The van der Waals surface area contributed by atoms with E-state index in [9.17, 15) is 19.7 Å². The first kappa shape index (κ1) is 18.0. The molecule has 0 aromatic carbocycles. The first-order chi connectivity index (χ1) is 12.9. The maximum atomic E-state index is 12.2. The van der Waals surface area contributed by atoms with Gasteiger partial charge in [0.15, 0.2) is 17.7 Å². The van der Waals surface area contributed by atoms with Crippen LogP contribution in [-0.4, -0.2) is 68.9 Å². The molecule has 0 aliphatic carbocycles. The topological polar surface area (TPSA) is 184 Å². The van der Waals surface area contributed by atoms with Crippen molar-refractivity contribution in [3.8, 4) is 0 Å². The fourth-order valence-electron chi connectivity index (χ4n) is 2.79. The van der Waals surface area contributed by atoms with Gasteiger partial charge < -0.3 is 25.6 Å². The number of hydrogen-bond acceptors (Lipinski definition) is 10. The van der Waals surface area contributed by atoms with E-state index in [1.165, 1.54) is 29.6 Å². The first-order valence-electron chi connectivity index (χ1n) is 7.79. The van der Waals surface area contributed by atoms with Gasteiger partial charge in [-0.05, 0) is 0 Å². The van der Waals surface area contributed by atoms with Crippen LogP contribution < -0.4 is 5.73 Å². The van der Waals surface area contributed by atoms with Crippen LogP contribution in [0.15, 0.2) is 31.4 Å². The van der Waals surface area contributed by atoms with Crippen molar-refractivity contribution in [3.05, 3.63) is 31.4 Å². The molecule has 5 N–H and O–H groups in total. The van der Waals surface area contributed by atoms with Crippen molar-refractivity contribution in [1.82, 2.24) is 28.8 Å². The molecule has 5 atom stereocenters. The van der Waals surface area contributed by atoms with Crippen LogP contribution in [0.3, 0.4) is 0 Å². The maximum absolute atomic E-state index is 12.2. The number of rotatable bonds is 5. The number of anilines is 1. The van der Waals surface area contributed by atoms with Crippen LogP contribution in [-0.2, 0) is 13.8 Å². The number of nitrogens with two attached hydrogens (primary N) is 1. The Hall–Kier alpha value is -2.41. The summed E-state index contributed by atoms with van der Waals surface area (Å²) in [5, 5.41) is 20.6. The van der Waals surface area contributed by atoms with Gasteiger partial charge in [-0.3, -0.25) is 9.09 Å². The Morgan fingerprint density at radius 1 is 1.26 bits per heavy atom. The van der Waals surface area contributed by atoms with Crippen LogP contribution in [0.4, 0.5) is 5.82 Å². The Labute approximate surface area is 151 Å². The Morgan fingerprint density at radius 3 is 2.81 bits per heavy atom. The Kier molecular flexibility index (Phi) is 4.42. The molecule has 0 radical (unpaired) electrons. The van der Waals surface area contributed by atoms with Crippen LogP contribution >= 0.6 is 7.75 Å². The molecule has 144 valence electrons. The first-order valence-corrected chi connectivity index (χ1v) is 9.32. The van der Waals surface area contributed by atoms with Crippen LogP contribution in [0.2, 0.25) is 0 Å². The molecule has 4 rings (SSSR count). The molecule has 4 heterocycles. The lowest BCUT2D eigenvalue weighted by molar-refractivity contribution is -0.0487. The van der Waals surface area contributed by atoms with E-state index in [1.807, 2.05) is 0 Å². The van der Waals surface area contributed by atoms with Crippen LogP contribution in [0.25, 0.3) is 11.2 Å². The van der Waals surface area contributed by atoms with Gasteiger partial charge in [-0.25, -0.2) is 28.8 Å². The standard InChI is InChI=1S/C13H16N7O6P/c14-11-8-12(17-4-16-11)20(6-18-8)13-10(22)9(21)7(26-13)3-25-27(23,24)19-2-1-15-5-19/h1-2,4-7,9-10,13,21-22H,3H2,(H,23,24)(H2,14,16,17)/t7-,9?,10?,13-/m1/s1. The number of fused-ring (bicyclic) bond motifs is 1. The monoisotopic (exact) mass is 397 g/mol. The molecule has 27 heavy (non-hydrogen) atoms. The number of aliphatic hydroxyl groups excluding tert-OH is 2. The molecule has 13 nitrogen and oxygen atoms in total. The van der Waals surface area contributed by atoms with E-state index in [2.05, 4.69) is 19.9 Å². The molecule has 3 aromatic heterocycles. The zero-order chi connectivity index (χ0) is 19.2. The average Bonchev–Trinajstić information content (AvgIpc) is 3.36. The normalized spacial score (nSPS) is 27.8. The second-order valence-corrected chi connectivity index (χ2v) is 7.56. The molecule has 0 saturated carbocycles. The minimum Gasteiger partial charge on any atom is -0.387 e. The van der Waals surface area contributed by atoms with E-state index in [0.717, 1.165) is 10.7 Å². The summed E-state index contributed by atoms with van der Waals surface area (Å²) in [5.41, 5.74) is 6.37. The lowest BCUT2D eigenvalue weighted by Gasteiger charge is -2.18. The van der Waals surface area contributed by atoms with Crippen molar-refractivity contribution >= 4 is 24.7 Å². The quantitative estimate of drug-likeness (QED) is 0.383. The predicted octanol–water partition coefficient (Wildman–Crippen LogP) is -1.11. The van der Waals surface area contributed by atoms with Gasteiger partial charge in [0.05, 0.1) is 12.9 Å². The van der Waals surface area contributed by atoms with Crippen LogP contribution in [0, 0.1) is 0 Å². The summed E-state index contributed by atoms with van der Waals surface area (Å²) >= 11 is 0. The van der Waals surface area contributed by atoms with Crippen LogP contribution in [0.5, 0.6) is 0 Å². The van der Waals surface area contributed by atoms with Gasteiger partial charge in [-0.1, -0.05) is 0 Å². The molecule has 1 fully saturated rings. The van der Waals surface area contributed by atoms with Crippen molar-refractivity contribution in [2.45, 2.75) is 24.5 Å². The van der Waals surface area contributed by atoms with Crippen LogP contribution in [0.1, 0.15) is 6.23 Å². The lowest BCUT2D eigenvalue weighted by atomic mass is 10.1. The number of hydrogen-bond donors (Lipinski definition) is 4. The highest BCUT2D eigenvalue weighted by molar-refractivity contribution is 7.51. The Balaban J connectivity index is 1.52. The highest BCUT2D eigenvalue weighted by Crippen LogP contribution is 2.44. The molecule has 1 saturated heterocycles. The van der Waals surface area contributed by atoms with E-state index in [1.54, 1.807) is 0 Å². The maximum Gasteiger partial charge on any atom is 0.437 e. The molecular formula is C13H16N7O6P. The van der Waals surface area contributed by atoms with Gasteiger partial charge in [0, 0.05) is 12.4 Å². The third-order valence-electron chi connectivity index (χ3n) is 4.19. The Bertz CT molecular complexity index is 994. The highest BCUT2D eigenvalue weighted by Gasteiger charge is 2.45. The number of nitrogen functional groups attached to an aromatic ring is 1. The predicted molar refractivity (Wildman–Crippen MR) is 89.1 cm³/mol. The molecular weight excluding hydrogens is 381 g/mol. The second-order valence-electron chi connectivity index (χ2n) is 5.86. The van der Waals surface area contributed by atoms with Gasteiger partial charge >= 0.3 is 7.75 Å². The summed E-state index contributed by atoms with van der Waals surface area (Å²) in [7, 11) is -4.20. The third-order valence-corrected chi connectivity index (χ3v) is 5.49. The zero-order valence-electron chi connectivity index (χ0n) is 13.7. The summed E-state index contributed by atoms with van der Waals surface area (Å²) < 4.78 is 25.1. The molecule has 3 unspecified atom stereocenters. The highest BCUT2D eigenvalue weighted by atomic mass is 31.2. The molecule has 0 bridgehead atoms. The smallest absolute Gasteiger partial charge is 0.387 e. The summed E-state index contributed by atoms with van der Waals surface area (Å²) in [6, 6.07) is 0. The minimum atomic E-state index is -4.20. The van der Waals surface area contributed by atoms with Crippen molar-refractivity contribution in [3.63, 3.8) is 0 Å². The molecule has 1 aliphatic heterocycles. The van der Waals surface area contributed by atoms with E-state index in [4.69, 9.17) is 15.0 Å². The largest absolute Gasteiger partial charge is 0.437 e. The van der Waals surface area contributed by atoms with E-state index < -0.39 is 38.9 Å².